The van der Waals surface area contributed by atoms with Crippen LogP contribution in [-0.4, -0.2) is 36.1 Å². The maximum absolute atomic E-state index is 12.4. The van der Waals surface area contributed by atoms with Crippen molar-refractivity contribution in [2.75, 3.05) is 25.5 Å². The average molecular weight is 499 g/mol. The molecule has 1 heterocycles. The summed E-state index contributed by atoms with van der Waals surface area (Å²) in [6.07, 6.45) is 6.08. The van der Waals surface area contributed by atoms with Crippen LogP contribution in [-0.2, 0) is 6.54 Å². The Morgan fingerprint density at radius 2 is 1.77 bits per heavy atom. The number of allylic oxidation sites excluding steroid dienone is 1. The fourth-order valence-corrected chi connectivity index (χ4v) is 4.79. The highest BCUT2D eigenvalue weighted by Gasteiger charge is 2.29. The molecule has 0 unspecified atom stereocenters. The minimum Gasteiger partial charge on any atom is -0.362 e. The Morgan fingerprint density at radius 3 is 2.46 bits per heavy atom. The van der Waals surface area contributed by atoms with Crippen LogP contribution < -0.4 is 10.2 Å². The molecule has 1 aliphatic carbocycles. The van der Waals surface area contributed by atoms with Gasteiger partial charge in [0.2, 0.25) is 0 Å². The summed E-state index contributed by atoms with van der Waals surface area (Å²) >= 11 is -0.0804. The highest BCUT2D eigenvalue weighted by molar-refractivity contribution is 8.00. The van der Waals surface area contributed by atoms with Crippen LogP contribution in [0.2, 0.25) is 0 Å². The molecular formula is C27H29F3N4S. The third-order valence-electron chi connectivity index (χ3n) is 6.06. The lowest BCUT2D eigenvalue weighted by Gasteiger charge is -2.23. The number of thioether (sulfide) groups is 1. The second-order valence-corrected chi connectivity index (χ2v) is 10.1. The van der Waals surface area contributed by atoms with Crippen LogP contribution in [0.5, 0.6) is 0 Å². The number of nitrogens with zero attached hydrogens (tertiary/aromatic N) is 3. The number of benzene rings is 2. The van der Waals surface area contributed by atoms with Crippen molar-refractivity contribution >= 4 is 34.6 Å². The number of aromatic nitrogens is 2. The van der Waals surface area contributed by atoms with Gasteiger partial charge in [0.25, 0.3) is 0 Å². The van der Waals surface area contributed by atoms with Gasteiger partial charge in [-0.3, -0.25) is 0 Å². The Morgan fingerprint density at radius 1 is 1.06 bits per heavy atom. The standard InChI is InChI=1S/C27H29F3N4S/c1-34(2)26-23-5-3-4-6-24(23)32-25(33-26)16-13-19-7-9-20(10-8-19)17-31-18-21-11-14-22(15-12-21)35-27(28,29)30/h3-6,11-12,14-16,20,31H,7-10,17-18H2,1-2H3. The summed E-state index contributed by atoms with van der Waals surface area (Å²) < 4.78 is 37.3. The van der Waals surface area contributed by atoms with Gasteiger partial charge in [-0.25, -0.2) is 9.97 Å². The Labute approximate surface area is 208 Å². The summed E-state index contributed by atoms with van der Waals surface area (Å²) in [6.45, 7) is 1.56. The smallest absolute Gasteiger partial charge is 0.362 e. The van der Waals surface area contributed by atoms with E-state index in [0.29, 0.717) is 18.3 Å². The van der Waals surface area contributed by atoms with Crippen molar-refractivity contribution in [1.29, 1.82) is 0 Å². The van der Waals surface area contributed by atoms with Crippen molar-refractivity contribution < 1.29 is 13.2 Å². The van der Waals surface area contributed by atoms with Gasteiger partial charge in [-0.1, -0.05) is 24.3 Å². The Kier molecular flexibility index (Phi) is 8.16. The van der Waals surface area contributed by atoms with Crippen LogP contribution in [0.3, 0.4) is 0 Å². The minimum absolute atomic E-state index is 0.0804. The summed E-state index contributed by atoms with van der Waals surface area (Å²) in [5, 5.41) is 4.49. The molecule has 4 nitrogen and oxygen atoms in total. The van der Waals surface area contributed by atoms with Gasteiger partial charge in [-0.15, -0.1) is 5.73 Å². The molecule has 2 aromatic carbocycles. The largest absolute Gasteiger partial charge is 0.446 e. The van der Waals surface area contributed by atoms with Crippen LogP contribution in [0.15, 0.2) is 64.7 Å². The summed E-state index contributed by atoms with van der Waals surface area (Å²) in [7, 11) is 3.97. The second-order valence-electron chi connectivity index (χ2n) is 8.98. The van der Waals surface area contributed by atoms with E-state index in [-0.39, 0.29) is 16.7 Å². The van der Waals surface area contributed by atoms with Gasteiger partial charge in [0, 0.05) is 37.0 Å². The van der Waals surface area contributed by atoms with Gasteiger partial charge < -0.3 is 10.2 Å². The first-order chi connectivity index (χ1) is 16.8. The fourth-order valence-electron chi connectivity index (χ4n) is 4.25. The second kappa shape index (κ2) is 11.3. The van der Waals surface area contributed by atoms with Gasteiger partial charge in [0.05, 0.1) is 5.52 Å². The lowest BCUT2D eigenvalue weighted by atomic mass is 9.86. The minimum atomic E-state index is -4.25. The highest BCUT2D eigenvalue weighted by atomic mass is 32.2. The van der Waals surface area contributed by atoms with Gasteiger partial charge in [0.1, 0.15) is 5.82 Å². The quantitative estimate of drug-likeness (QED) is 0.286. The molecule has 8 heteroatoms. The Hall–Kier alpha value is -2.80. The van der Waals surface area contributed by atoms with E-state index in [4.69, 9.17) is 4.98 Å². The van der Waals surface area contributed by atoms with Crippen molar-refractivity contribution in [2.24, 2.45) is 5.92 Å². The van der Waals surface area contributed by atoms with E-state index in [0.717, 1.165) is 54.5 Å². The molecule has 0 amide bonds. The third kappa shape index (κ3) is 7.34. The van der Waals surface area contributed by atoms with Crippen molar-refractivity contribution in [3.8, 4) is 0 Å². The van der Waals surface area contributed by atoms with Crippen LogP contribution >= 0.6 is 11.8 Å². The number of alkyl halides is 3. The Bertz CT molecular complexity index is 1210. The number of anilines is 1. The lowest BCUT2D eigenvalue weighted by molar-refractivity contribution is -0.0328. The van der Waals surface area contributed by atoms with Gasteiger partial charge in [0.15, 0.2) is 5.82 Å². The number of rotatable bonds is 7. The van der Waals surface area contributed by atoms with Crippen LogP contribution in [0.1, 0.15) is 37.1 Å². The van der Waals surface area contributed by atoms with E-state index in [9.17, 15) is 13.2 Å². The zero-order valence-corrected chi connectivity index (χ0v) is 20.7. The molecule has 4 rings (SSSR count). The number of hydrogen-bond donors (Lipinski definition) is 1. The molecule has 1 aliphatic rings. The molecule has 1 fully saturated rings. The Balaban J connectivity index is 1.28. The predicted octanol–water partition coefficient (Wildman–Crippen LogP) is 6.83. The number of halogens is 3. The number of para-hydroxylation sites is 1. The van der Waals surface area contributed by atoms with E-state index in [1.54, 1.807) is 12.1 Å². The molecule has 0 radical (unpaired) electrons. The molecule has 1 aromatic heterocycles. The van der Waals surface area contributed by atoms with Crippen molar-refractivity contribution in [1.82, 2.24) is 15.3 Å². The molecule has 0 aliphatic heterocycles. The lowest BCUT2D eigenvalue weighted by Crippen LogP contribution is -2.24. The monoisotopic (exact) mass is 498 g/mol. The topological polar surface area (TPSA) is 41.1 Å². The van der Waals surface area contributed by atoms with E-state index in [1.165, 1.54) is 17.7 Å². The number of fused-ring (bicyclic) bond motifs is 1. The predicted molar refractivity (Wildman–Crippen MR) is 137 cm³/mol. The normalized spacial score (nSPS) is 16.3. The first kappa shape index (κ1) is 25.3. The maximum Gasteiger partial charge on any atom is 0.446 e. The van der Waals surface area contributed by atoms with Crippen LogP contribution in [0.25, 0.3) is 17.0 Å². The fraction of sp³-hybridized carbons (Fsp3) is 0.370. The van der Waals surface area contributed by atoms with Gasteiger partial charge in [-0.2, -0.15) is 13.2 Å². The molecule has 1 N–H and O–H groups in total. The van der Waals surface area contributed by atoms with Crippen LogP contribution in [0.4, 0.5) is 19.0 Å². The first-order valence-electron chi connectivity index (χ1n) is 11.7. The molecule has 0 saturated heterocycles. The molecule has 1 saturated carbocycles. The zero-order chi connectivity index (χ0) is 24.8. The number of hydrogen-bond acceptors (Lipinski definition) is 5. The summed E-state index contributed by atoms with van der Waals surface area (Å²) in [6, 6.07) is 14.6. The highest BCUT2D eigenvalue weighted by Crippen LogP contribution is 2.36. The first-order valence-corrected chi connectivity index (χ1v) is 12.5. The van der Waals surface area contributed by atoms with Crippen molar-refractivity contribution in [3.05, 3.63) is 71.2 Å². The van der Waals surface area contributed by atoms with Gasteiger partial charge >= 0.3 is 5.51 Å². The number of nitrogens with one attached hydrogen (secondary N) is 1. The molecular weight excluding hydrogens is 469 g/mol. The van der Waals surface area contributed by atoms with E-state index in [2.05, 4.69) is 16.0 Å². The van der Waals surface area contributed by atoms with E-state index >= 15 is 0 Å². The molecule has 3 aromatic rings. The average Bonchev–Trinajstić information content (AvgIpc) is 2.83. The maximum atomic E-state index is 12.4. The zero-order valence-electron chi connectivity index (χ0n) is 19.9. The van der Waals surface area contributed by atoms with E-state index in [1.807, 2.05) is 49.3 Å². The van der Waals surface area contributed by atoms with Gasteiger partial charge in [-0.05, 0) is 85.3 Å². The van der Waals surface area contributed by atoms with Crippen molar-refractivity contribution in [2.45, 2.75) is 42.6 Å². The third-order valence-corrected chi connectivity index (χ3v) is 6.80. The SMILES string of the molecule is CN(C)c1nc(C=C=C2CCC(CNCc3ccc(SC(F)(F)F)cc3)CC2)nc2ccccc12. The summed E-state index contributed by atoms with van der Waals surface area (Å²) in [4.78, 5) is 11.6. The molecule has 0 spiro atoms. The van der Waals surface area contributed by atoms with Crippen molar-refractivity contribution in [3.63, 3.8) is 0 Å². The summed E-state index contributed by atoms with van der Waals surface area (Å²) in [5.74, 6) is 2.15. The summed E-state index contributed by atoms with van der Waals surface area (Å²) in [5.41, 5.74) is 2.40. The molecule has 184 valence electrons. The van der Waals surface area contributed by atoms with E-state index < -0.39 is 5.51 Å². The molecule has 0 atom stereocenters. The van der Waals surface area contributed by atoms with Crippen LogP contribution in [0, 0.1) is 5.92 Å². The molecule has 0 bridgehead atoms. The molecule has 35 heavy (non-hydrogen) atoms.